The fourth-order valence-corrected chi connectivity index (χ4v) is 2.58. The molecule has 16 heavy (non-hydrogen) atoms. The number of benzene rings is 1. The molecular formula is C14H14O2. The van der Waals surface area contributed by atoms with E-state index in [1.165, 1.54) is 5.56 Å². The highest BCUT2D eigenvalue weighted by Crippen LogP contribution is 2.39. The monoisotopic (exact) mass is 214 g/mol. The maximum atomic E-state index is 10.7. The molecule has 0 saturated carbocycles. The zero-order valence-corrected chi connectivity index (χ0v) is 9.02. The predicted molar refractivity (Wildman–Crippen MR) is 61.1 cm³/mol. The van der Waals surface area contributed by atoms with Crippen molar-refractivity contribution in [2.75, 3.05) is 0 Å². The molecule has 1 aliphatic carbocycles. The second-order valence-corrected chi connectivity index (χ2v) is 4.50. The summed E-state index contributed by atoms with van der Waals surface area (Å²) in [5, 5.41) is 10.7. The highest BCUT2D eigenvalue weighted by Gasteiger charge is 2.36. The number of aryl methyl sites for hydroxylation is 1. The number of furan rings is 1. The first-order chi connectivity index (χ1) is 7.78. The molecule has 0 aliphatic heterocycles. The van der Waals surface area contributed by atoms with E-state index < -0.39 is 5.60 Å². The normalized spacial score (nSPS) is 23.3. The Hall–Kier alpha value is -1.54. The summed E-state index contributed by atoms with van der Waals surface area (Å²) in [5.41, 5.74) is 2.70. The zero-order valence-electron chi connectivity index (χ0n) is 9.02. The van der Waals surface area contributed by atoms with Crippen LogP contribution < -0.4 is 0 Å². The van der Waals surface area contributed by atoms with E-state index in [1.807, 2.05) is 24.3 Å². The SMILES string of the molecule is OC1(Cc2ccoc2)CCc2ccccc21. The minimum atomic E-state index is -0.708. The molecule has 0 spiro atoms. The molecule has 2 heteroatoms. The van der Waals surface area contributed by atoms with E-state index in [-0.39, 0.29) is 0 Å². The average Bonchev–Trinajstić information content (AvgIpc) is 2.89. The van der Waals surface area contributed by atoms with Gasteiger partial charge in [-0.1, -0.05) is 24.3 Å². The summed E-state index contributed by atoms with van der Waals surface area (Å²) in [5.74, 6) is 0. The quantitative estimate of drug-likeness (QED) is 0.833. The van der Waals surface area contributed by atoms with Gasteiger partial charge in [0.15, 0.2) is 0 Å². The number of hydrogen-bond donors (Lipinski definition) is 1. The van der Waals surface area contributed by atoms with Gasteiger partial charge in [-0.25, -0.2) is 0 Å². The molecule has 82 valence electrons. The summed E-state index contributed by atoms with van der Waals surface area (Å²) in [7, 11) is 0. The molecule has 0 bridgehead atoms. The van der Waals surface area contributed by atoms with Gasteiger partial charge in [-0.05, 0) is 35.6 Å². The summed E-state index contributed by atoms with van der Waals surface area (Å²) < 4.78 is 5.05. The van der Waals surface area contributed by atoms with Crippen molar-refractivity contribution in [1.29, 1.82) is 0 Å². The summed E-state index contributed by atoms with van der Waals surface area (Å²) >= 11 is 0. The third kappa shape index (κ3) is 1.46. The van der Waals surface area contributed by atoms with Crippen LogP contribution in [0.5, 0.6) is 0 Å². The Morgan fingerprint density at radius 2 is 2.12 bits per heavy atom. The van der Waals surface area contributed by atoms with E-state index in [2.05, 4.69) is 6.07 Å². The Bertz CT molecular complexity index is 487. The molecule has 1 heterocycles. The van der Waals surface area contributed by atoms with Crippen LogP contribution in [0, 0.1) is 0 Å². The standard InChI is InChI=1S/C14H14O2/c15-14(9-11-6-8-16-10-11)7-5-12-3-1-2-4-13(12)14/h1-4,6,8,10,15H,5,7,9H2. The van der Waals surface area contributed by atoms with Crippen LogP contribution in [-0.2, 0) is 18.4 Å². The molecule has 3 rings (SSSR count). The molecule has 0 radical (unpaired) electrons. The topological polar surface area (TPSA) is 33.4 Å². The Labute approximate surface area is 94.5 Å². The van der Waals surface area contributed by atoms with Gasteiger partial charge in [-0.2, -0.15) is 0 Å². The van der Waals surface area contributed by atoms with Crippen LogP contribution in [0.1, 0.15) is 23.1 Å². The van der Waals surface area contributed by atoms with E-state index in [9.17, 15) is 5.11 Å². The lowest BCUT2D eigenvalue weighted by Gasteiger charge is -2.23. The van der Waals surface area contributed by atoms with Gasteiger partial charge in [0.1, 0.15) is 0 Å². The second kappa shape index (κ2) is 3.49. The highest BCUT2D eigenvalue weighted by atomic mass is 16.3. The lowest BCUT2D eigenvalue weighted by molar-refractivity contribution is 0.0388. The van der Waals surface area contributed by atoms with Crippen LogP contribution in [0.4, 0.5) is 0 Å². The molecule has 1 aliphatic rings. The van der Waals surface area contributed by atoms with E-state index in [0.717, 1.165) is 24.0 Å². The predicted octanol–water partition coefficient (Wildman–Crippen LogP) is 2.66. The highest BCUT2D eigenvalue weighted by molar-refractivity contribution is 5.38. The van der Waals surface area contributed by atoms with E-state index in [0.29, 0.717) is 6.42 Å². The van der Waals surface area contributed by atoms with E-state index >= 15 is 0 Å². The van der Waals surface area contributed by atoms with Gasteiger partial charge < -0.3 is 9.52 Å². The van der Waals surface area contributed by atoms with Crippen molar-refractivity contribution in [3.05, 3.63) is 59.5 Å². The smallest absolute Gasteiger partial charge is 0.0943 e. The first-order valence-electron chi connectivity index (χ1n) is 5.60. The minimum absolute atomic E-state index is 0.639. The van der Waals surface area contributed by atoms with Crippen molar-refractivity contribution >= 4 is 0 Å². The molecule has 1 atom stereocenters. The van der Waals surface area contributed by atoms with Crippen LogP contribution in [0.2, 0.25) is 0 Å². The first-order valence-corrected chi connectivity index (χ1v) is 5.60. The van der Waals surface area contributed by atoms with Crippen LogP contribution in [-0.4, -0.2) is 5.11 Å². The van der Waals surface area contributed by atoms with Gasteiger partial charge in [0.05, 0.1) is 18.1 Å². The van der Waals surface area contributed by atoms with Crippen molar-refractivity contribution in [3.8, 4) is 0 Å². The van der Waals surface area contributed by atoms with Gasteiger partial charge in [0.2, 0.25) is 0 Å². The molecule has 1 N–H and O–H groups in total. The molecule has 0 saturated heterocycles. The third-order valence-corrected chi connectivity index (χ3v) is 3.40. The molecule has 1 aromatic carbocycles. The van der Waals surface area contributed by atoms with Gasteiger partial charge in [-0.15, -0.1) is 0 Å². The fourth-order valence-electron chi connectivity index (χ4n) is 2.58. The van der Waals surface area contributed by atoms with Gasteiger partial charge in [0.25, 0.3) is 0 Å². The Balaban J connectivity index is 1.95. The molecule has 2 aromatic rings. The van der Waals surface area contributed by atoms with Crippen molar-refractivity contribution in [1.82, 2.24) is 0 Å². The van der Waals surface area contributed by atoms with Crippen LogP contribution in [0.3, 0.4) is 0 Å². The van der Waals surface area contributed by atoms with Gasteiger partial charge in [0, 0.05) is 6.42 Å². The van der Waals surface area contributed by atoms with Crippen molar-refractivity contribution < 1.29 is 9.52 Å². The molecule has 0 amide bonds. The third-order valence-electron chi connectivity index (χ3n) is 3.40. The number of aliphatic hydroxyl groups is 1. The second-order valence-electron chi connectivity index (χ2n) is 4.50. The first kappa shape index (κ1) is 9.67. The van der Waals surface area contributed by atoms with Crippen LogP contribution in [0.25, 0.3) is 0 Å². The fraction of sp³-hybridized carbons (Fsp3) is 0.286. The zero-order chi connectivity index (χ0) is 11.0. The van der Waals surface area contributed by atoms with Crippen molar-refractivity contribution in [2.24, 2.45) is 0 Å². The summed E-state index contributed by atoms with van der Waals surface area (Å²) in [6.45, 7) is 0. The Morgan fingerprint density at radius 1 is 1.25 bits per heavy atom. The maximum absolute atomic E-state index is 10.7. The van der Waals surface area contributed by atoms with E-state index in [4.69, 9.17) is 4.42 Å². The average molecular weight is 214 g/mol. The van der Waals surface area contributed by atoms with Gasteiger partial charge in [-0.3, -0.25) is 0 Å². The van der Waals surface area contributed by atoms with Crippen LogP contribution >= 0.6 is 0 Å². The van der Waals surface area contributed by atoms with Crippen molar-refractivity contribution in [2.45, 2.75) is 24.9 Å². The minimum Gasteiger partial charge on any atom is -0.472 e. The van der Waals surface area contributed by atoms with E-state index in [1.54, 1.807) is 12.5 Å². The molecule has 2 nitrogen and oxygen atoms in total. The molecule has 1 aromatic heterocycles. The number of hydrogen-bond acceptors (Lipinski definition) is 2. The summed E-state index contributed by atoms with van der Waals surface area (Å²) in [6.07, 6.45) is 5.76. The summed E-state index contributed by atoms with van der Waals surface area (Å²) in [4.78, 5) is 0. The lowest BCUT2D eigenvalue weighted by atomic mass is 9.90. The molecule has 0 fully saturated rings. The summed E-state index contributed by atoms with van der Waals surface area (Å²) in [6, 6.07) is 10.1. The Morgan fingerprint density at radius 3 is 2.94 bits per heavy atom. The largest absolute Gasteiger partial charge is 0.472 e. The number of fused-ring (bicyclic) bond motifs is 1. The molecular weight excluding hydrogens is 200 g/mol. The van der Waals surface area contributed by atoms with Gasteiger partial charge >= 0.3 is 0 Å². The van der Waals surface area contributed by atoms with Crippen molar-refractivity contribution in [3.63, 3.8) is 0 Å². The molecule has 1 unspecified atom stereocenters. The Kier molecular flexibility index (Phi) is 2.11. The maximum Gasteiger partial charge on any atom is 0.0943 e. The lowest BCUT2D eigenvalue weighted by Crippen LogP contribution is -2.25. The number of rotatable bonds is 2. The van der Waals surface area contributed by atoms with Crippen LogP contribution in [0.15, 0.2) is 47.3 Å².